The van der Waals surface area contributed by atoms with Crippen LogP contribution in [0.1, 0.15) is 49.2 Å². The summed E-state index contributed by atoms with van der Waals surface area (Å²) in [7, 11) is 0. The normalized spacial score (nSPS) is 23.5. The first kappa shape index (κ1) is 7.41. The molecule has 0 aromatic carbocycles. The lowest BCUT2D eigenvalue weighted by atomic mass is 9.89. The average molecular weight is 170 g/mol. The van der Waals surface area contributed by atoms with Crippen LogP contribution in [0.2, 0.25) is 0 Å². The number of hydrogen-bond donors (Lipinski definition) is 0. The van der Waals surface area contributed by atoms with Gasteiger partial charge in [-0.2, -0.15) is 0 Å². The van der Waals surface area contributed by atoms with E-state index in [1.54, 1.807) is 11.6 Å². The number of aryl methyl sites for hydroxylation is 1. The van der Waals surface area contributed by atoms with Gasteiger partial charge in [0.25, 0.3) is 0 Å². The maximum absolute atomic E-state index is 5.40. The van der Waals surface area contributed by atoms with Crippen molar-refractivity contribution in [2.45, 2.75) is 44.9 Å². The third-order valence-corrected chi connectivity index (χ3v) is 3.34. The topological polar surface area (TPSA) is 13.1 Å². The van der Waals surface area contributed by atoms with Gasteiger partial charge in [0.1, 0.15) is 5.76 Å². The van der Waals surface area contributed by atoms with Crippen LogP contribution >= 0.6 is 11.6 Å². The molecule has 62 valence electrons. The van der Waals surface area contributed by atoms with Crippen molar-refractivity contribution < 1.29 is 3.85 Å². The molecule has 0 bridgehead atoms. The highest BCUT2D eigenvalue weighted by Crippen LogP contribution is 2.39. The molecule has 11 heavy (non-hydrogen) atoms. The second-order valence-corrected chi connectivity index (χ2v) is 4.16. The zero-order valence-corrected chi connectivity index (χ0v) is 7.75. The molecule has 2 heteroatoms. The van der Waals surface area contributed by atoms with E-state index in [1.165, 1.54) is 42.7 Å². The molecule has 0 saturated heterocycles. The summed E-state index contributed by atoms with van der Waals surface area (Å²) in [6.45, 7) is 2.25. The van der Waals surface area contributed by atoms with Gasteiger partial charge in [0, 0.05) is 17.6 Å². The Kier molecular flexibility index (Phi) is 2.03. The van der Waals surface area contributed by atoms with Crippen LogP contribution in [0, 0.1) is 0 Å². The molecule has 1 aliphatic carbocycles. The van der Waals surface area contributed by atoms with Crippen molar-refractivity contribution in [3.8, 4) is 0 Å². The number of hydrogen-bond acceptors (Lipinski definition) is 2. The zero-order valence-electron chi connectivity index (χ0n) is 6.93. The largest absolute Gasteiger partial charge is 0.405 e. The van der Waals surface area contributed by atoms with E-state index < -0.39 is 0 Å². The van der Waals surface area contributed by atoms with Crippen LogP contribution in [-0.4, -0.2) is 0 Å². The number of rotatable bonds is 2. The summed E-state index contributed by atoms with van der Waals surface area (Å²) in [5.41, 5.74) is 0. The molecule has 0 saturated carbocycles. The van der Waals surface area contributed by atoms with E-state index >= 15 is 0 Å². The molecule has 0 fully saturated rings. The third kappa shape index (κ3) is 1.24. The van der Waals surface area contributed by atoms with Gasteiger partial charge in [-0.1, -0.05) is 13.3 Å². The van der Waals surface area contributed by atoms with Gasteiger partial charge >= 0.3 is 0 Å². The zero-order chi connectivity index (χ0) is 7.68. The van der Waals surface area contributed by atoms with E-state index in [9.17, 15) is 0 Å². The molecular formula is C9H14OS. The van der Waals surface area contributed by atoms with E-state index in [0.29, 0.717) is 0 Å². The molecule has 1 aromatic heterocycles. The molecule has 1 unspecified atom stereocenters. The molecule has 0 amide bonds. The monoisotopic (exact) mass is 170 g/mol. The minimum Gasteiger partial charge on any atom is -0.405 e. The maximum Gasteiger partial charge on any atom is 0.140 e. The molecular weight excluding hydrogens is 156 g/mol. The molecule has 2 rings (SSSR count). The maximum atomic E-state index is 5.40. The van der Waals surface area contributed by atoms with Gasteiger partial charge in [-0.05, 0) is 25.7 Å². The summed E-state index contributed by atoms with van der Waals surface area (Å²) >= 11 is 1.60. The van der Waals surface area contributed by atoms with E-state index in [0.717, 1.165) is 5.92 Å². The Hall–Kier alpha value is -0.240. The van der Waals surface area contributed by atoms with Gasteiger partial charge in [-0.25, -0.2) is 0 Å². The first-order chi connectivity index (χ1) is 5.42. The van der Waals surface area contributed by atoms with Crippen molar-refractivity contribution in [3.05, 3.63) is 10.6 Å². The summed E-state index contributed by atoms with van der Waals surface area (Å²) in [6, 6.07) is 0. The smallest absolute Gasteiger partial charge is 0.140 e. The summed E-state index contributed by atoms with van der Waals surface area (Å²) in [5, 5.41) is 0. The minimum atomic E-state index is 0.769. The first-order valence-corrected chi connectivity index (χ1v) is 5.23. The lowest BCUT2D eigenvalue weighted by Gasteiger charge is -2.23. The van der Waals surface area contributed by atoms with E-state index in [4.69, 9.17) is 3.85 Å². The van der Waals surface area contributed by atoms with E-state index in [-0.39, 0.29) is 0 Å². The predicted octanol–water partition coefficient (Wildman–Crippen LogP) is 3.56. The van der Waals surface area contributed by atoms with Crippen molar-refractivity contribution in [2.75, 3.05) is 0 Å². The molecule has 1 heterocycles. The fourth-order valence-corrected chi connectivity index (χ4v) is 2.70. The molecule has 0 spiro atoms. The predicted molar refractivity (Wildman–Crippen MR) is 47.2 cm³/mol. The number of fused-ring (bicyclic) bond motifs is 1. The minimum absolute atomic E-state index is 0.769. The Labute approximate surface area is 71.6 Å². The Morgan fingerprint density at radius 2 is 2.55 bits per heavy atom. The molecule has 1 atom stereocenters. The van der Waals surface area contributed by atoms with Crippen molar-refractivity contribution in [3.63, 3.8) is 0 Å². The fourth-order valence-electron chi connectivity index (χ4n) is 1.87. The van der Waals surface area contributed by atoms with Gasteiger partial charge in [0.2, 0.25) is 0 Å². The van der Waals surface area contributed by atoms with Crippen molar-refractivity contribution in [2.24, 2.45) is 0 Å². The van der Waals surface area contributed by atoms with Crippen LogP contribution in [0.4, 0.5) is 0 Å². The second kappa shape index (κ2) is 3.02. The van der Waals surface area contributed by atoms with Crippen LogP contribution < -0.4 is 0 Å². The highest BCUT2D eigenvalue weighted by atomic mass is 32.1. The Bertz CT molecular complexity index is 224. The van der Waals surface area contributed by atoms with Crippen molar-refractivity contribution >= 4 is 11.6 Å². The van der Waals surface area contributed by atoms with Crippen LogP contribution in [0.15, 0.2) is 3.85 Å². The van der Waals surface area contributed by atoms with Crippen LogP contribution in [0.5, 0.6) is 0 Å². The molecule has 0 N–H and O–H groups in total. The molecule has 1 aliphatic rings. The third-order valence-electron chi connectivity index (χ3n) is 2.47. The summed E-state index contributed by atoms with van der Waals surface area (Å²) in [5.74, 6) is 2.10. The Balaban J connectivity index is 2.07. The summed E-state index contributed by atoms with van der Waals surface area (Å²) < 4.78 is 5.40. The molecule has 1 aromatic rings. The molecule has 1 nitrogen and oxygen atoms in total. The summed E-state index contributed by atoms with van der Waals surface area (Å²) in [4.78, 5) is 1.54. The van der Waals surface area contributed by atoms with Gasteiger partial charge < -0.3 is 3.85 Å². The van der Waals surface area contributed by atoms with Gasteiger partial charge in [-0.3, -0.25) is 0 Å². The van der Waals surface area contributed by atoms with Crippen LogP contribution in [0.3, 0.4) is 0 Å². The molecule has 0 aliphatic heterocycles. The van der Waals surface area contributed by atoms with Crippen molar-refractivity contribution in [1.82, 2.24) is 0 Å². The van der Waals surface area contributed by atoms with Crippen molar-refractivity contribution in [1.29, 1.82) is 0 Å². The van der Waals surface area contributed by atoms with E-state index in [1.807, 2.05) is 0 Å². The highest BCUT2D eigenvalue weighted by Gasteiger charge is 2.25. The first-order valence-electron chi connectivity index (χ1n) is 4.49. The lowest BCUT2D eigenvalue weighted by molar-refractivity contribution is 0.414. The van der Waals surface area contributed by atoms with E-state index in [2.05, 4.69) is 6.92 Å². The quantitative estimate of drug-likeness (QED) is 0.661. The fraction of sp³-hybridized carbons (Fsp3) is 0.778. The SMILES string of the molecule is CCCC1CCCc2soc21. The Morgan fingerprint density at radius 3 is 3.18 bits per heavy atom. The van der Waals surface area contributed by atoms with Gasteiger partial charge in [0.05, 0.1) is 4.88 Å². The Morgan fingerprint density at radius 1 is 1.64 bits per heavy atom. The summed E-state index contributed by atoms with van der Waals surface area (Å²) in [6.07, 6.45) is 6.61. The highest BCUT2D eigenvalue weighted by molar-refractivity contribution is 7.04. The standard InChI is InChI=1S/C9H14OS/c1-2-4-7-5-3-6-8-9(7)10-11-8/h7H,2-6H2,1H3. The average Bonchev–Trinajstić information content (AvgIpc) is 1.94. The second-order valence-electron chi connectivity index (χ2n) is 3.33. The van der Waals surface area contributed by atoms with Crippen LogP contribution in [0.25, 0.3) is 0 Å². The lowest BCUT2D eigenvalue weighted by Crippen LogP contribution is -2.10. The van der Waals surface area contributed by atoms with Gasteiger partial charge in [0.15, 0.2) is 0 Å². The van der Waals surface area contributed by atoms with Crippen LogP contribution in [-0.2, 0) is 6.42 Å². The van der Waals surface area contributed by atoms with Gasteiger partial charge in [-0.15, -0.1) is 0 Å². The molecule has 0 radical (unpaired) electrons.